The molecule has 6 aromatic rings. The molecule has 2 aromatic heterocycles. The van der Waals surface area contributed by atoms with Crippen LogP contribution in [0, 0.1) is 22.7 Å². The second-order valence-electron chi connectivity index (χ2n) is 27.5. The maximum atomic E-state index is 14.2. The Morgan fingerprint density at radius 3 is 1.30 bits per heavy atom. The number of ether oxygens (including phenoxy) is 10. The summed E-state index contributed by atoms with van der Waals surface area (Å²) >= 11 is 0. The van der Waals surface area contributed by atoms with E-state index in [1.54, 1.807) is 84.0 Å². The zero-order valence-corrected chi connectivity index (χ0v) is 63.7. The third-order valence-electron chi connectivity index (χ3n) is 17.1. The fraction of sp³-hybridized carbons (Fsp3) is 0.398. The molecule has 1 aliphatic heterocycles. The molecule has 1 saturated heterocycles. The molecular formula is C83H100N8O24. The number of aliphatic hydroxyl groups excluding tert-OH is 4. The van der Waals surface area contributed by atoms with Crippen LogP contribution < -0.4 is 21.3 Å². The van der Waals surface area contributed by atoms with Gasteiger partial charge >= 0.3 is 36.4 Å². The van der Waals surface area contributed by atoms with E-state index >= 15 is 0 Å². The summed E-state index contributed by atoms with van der Waals surface area (Å²) in [5, 5.41) is 65.4. The van der Waals surface area contributed by atoms with E-state index in [0.717, 1.165) is 25.7 Å². The van der Waals surface area contributed by atoms with Gasteiger partial charge in [-0.25, -0.2) is 38.7 Å². The van der Waals surface area contributed by atoms with E-state index in [0.29, 0.717) is 63.9 Å². The Kier molecular flexibility index (Phi) is 34.2. The first-order valence-corrected chi connectivity index (χ1v) is 36.2. The number of nitrogens with one attached hydrogen (secondary N) is 6. The van der Waals surface area contributed by atoms with Crippen LogP contribution in [0.15, 0.2) is 110 Å². The van der Waals surface area contributed by atoms with E-state index in [9.17, 15) is 63.3 Å². The SMILES string of the molecule is C.C.C=Cc1cc(C(=O)Cc2ccc(C(=N)NC(=O)OCC(O)CO)cc2)c(-c2ccc(C(=O)NCC3CC3)nc2C(=O)OC(C)OC(=O)OC(C)C)cc1CO.C=Cc1cc(C(=O)Cc2ccc(C(=N)NC(=O)OCC3COC(C)(C)O3)cc2)c(-c2ccc(C(=O)NCC3CC3)nc2C(=O)OC(C)OC(=O)OC(C)C)cc1CO. The number of ketones is 2. The average molecular weight is 1590 g/mol. The van der Waals surface area contributed by atoms with Crippen molar-refractivity contribution in [2.24, 2.45) is 11.8 Å². The normalized spacial score (nSPS) is 14.5. The quantitative estimate of drug-likeness (QED) is 0.00457. The predicted octanol–water partition coefficient (Wildman–Crippen LogP) is 10.9. The van der Waals surface area contributed by atoms with Crippen LogP contribution in [0.5, 0.6) is 0 Å². The summed E-state index contributed by atoms with van der Waals surface area (Å²) < 4.78 is 51.9. The van der Waals surface area contributed by atoms with Crippen molar-refractivity contribution in [1.29, 1.82) is 10.8 Å². The smallest absolute Gasteiger partial charge is 0.446 e. The molecule has 2 aliphatic carbocycles. The lowest BCUT2D eigenvalue weighted by molar-refractivity contribution is -0.142. The minimum Gasteiger partial charge on any atom is -0.446 e. The van der Waals surface area contributed by atoms with Gasteiger partial charge in [0, 0.05) is 73.2 Å². The summed E-state index contributed by atoms with van der Waals surface area (Å²) in [5.41, 5.74) is 3.32. The van der Waals surface area contributed by atoms with E-state index in [4.69, 9.17) is 63.3 Å². The highest BCUT2D eigenvalue weighted by atomic mass is 16.8. The van der Waals surface area contributed by atoms with Gasteiger partial charge in [-0.3, -0.25) is 40.6 Å². The molecule has 0 spiro atoms. The molecule has 4 amide bonds. The number of pyridine rings is 2. The first-order valence-electron chi connectivity index (χ1n) is 36.2. The highest BCUT2D eigenvalue weighted by Gasteiger charge is 2.35. The Labute approximate surface area is 665 Å². The van der Waals surface area contributed by atoms with Crippen LogP contribution in [0.3, 0.4) is 0 Å². The van der Waals surface area contributed by atoms with Crippen LogP contribution in [-0.4, -0.2) is 184 Å². The van der Waals surface area contributed by atoms with Crippen molar-refractivity contribution < 1.29 is 116 Å². The molecule has 616 valence electrons. The first kappa shape index (κ1) is 91.9. The Bertz CT molecular complexity index is 4550. The largest absolute Gasteiger partial charge is 0.511 e. The maximum absolute atomic E-state index is 14.2. The van der Waals surface area contributed by atoms with Crippen molar-refractivity contribution in [3.8, 4) is 22.3 Å². The van der Waals surface area contributed by atoms with Gasteiger partial charge in [0.15, 0.2) is 28.7 Å². The number of aromatic nitrogens is 2. The standard InChI is InChI=1S/C42H48N4O12.C39H44N4O12.2CH4/c1-7-27-17-33(35(48)16-25-10-12-28(13-11-25)37(43)46-40(51)53-21-30-22-54-42(5,6)58-30)32(18-29(27)20-47)31-14-15-34(38(49)44-19-26-8-9-26)45-36(31)39(50)56-24(4)57-41(52)55-23(2)3;1-5-25-15-31(33(47)14-23-8-10-26(11-9-23)35(40)43-38(50)52-20-28(46)19-45)30(16-27(25)18-44)29-12-13-32(36(48)41-17-24-6-7-24)42-34(29)37(49)54-22(4)55-39(51)53-21(2)3;;/h7,10-15,17-18,23-24,26,30,47H,1,8-9,16,19-22H2,2-6H3,(H,44,49)(H2,43,46,51);5,8-13,15-16,21-22,24,28,44-46H,1,6-7,14,17-20H2,2-4H3,(H,41,48)(H2,40,43,50);2*1H4. The highest BCUT2D eigenvalue weighted by Crippen LogP contribution is 2.36. The third kappa shape index (κ3) is 27.4. The summed E-state index contributed by atoms with van der Waals surface area (Å²) in [4.78, 5) is 139. The molecule has 9 rings (SSSR count). The van der Waals surface area contributed by atoms with E-state index in [1.165, 1.54) is 80.6 Å². The second-order valence-corrected chi connectivity index (χ2v) is 27.5. The van der Waals surface area contributed by atoms with Gasteiger partial charge in [-0.2, -0.15) is 0 Å². The van der Waals surface area contributed by atoms with E-state index < -0.39 is 129 Å². The molecule has 115 heavy (non-hydrogen) atoms. The molecule has 4 atom stereocenters. The molecule has 3 aliphatic rings. The summed E-state index contributed by atoms with van der Waals surface area (Å²) in [6.07, 6.45) is -2.88. The number of amides is 4. The van der Waals surface area contributed by atoms with Crippen LogP contribution >= 0.6 is 0 Å². The van der Waals surface area contributed by atoms with Crippen LogP contribution in [0.2, 0.25) is 0 Å². The number of hydrogen-bond donors (Lipinski definition) is 10. The Balaban J connectivity index is 0.000000352. The third-order valence-corrected chi connectivity index (χ3v) is 17.1. The number of rotatable bonds is 33. The summed E-state index contributed by atoms with van der Waals surface area (Å²) in [5.74, 6) is -4.57. The van der Waals surface area contributed by atoms with Crippen LogP contribution in [0.25, 0.3) is 34.4 Å². The molecular weight excluding hydrogens is 1490 g/mol. The number of nitrogens with zero attached hydrogens (tertiary/aromatic N) is 2. The van der Waals surface area contributed by atoms with Gasteiger partial charge in [-0.1, -0.05) is 88.7 Å². The number of carbonyl (C=O) groups is 10. The maximum Gasteiger partial charge on any atom is 0.511 e. The molecule has 0 radical (unpaired) electrons. The van der Waals surface area contributed by atoms with Crippen molar-refractivity contribution in [2.45, 2.75) is 165 Å². The van der Waals surface area contributed by atoms with E-state index in [-0.39, 0.29) is 114 Å². The molecule has 0 bridgehead atoms. The lowest BCUT2D eigenvalue weighted by Crippen LogP contribution is -2.34. The topological polar surface area (TPSA) is 466 Å². The summed E-state index contributed by atoms with van der Waals surface area (Å²) in [6, 6.07) is 24.4. The van der Waals surface area contributed by atoms with E-state index in [1.807, 2.05) is 0 Å². The van der Waals surface area contributed by atoms with Gasteiger partial charge < -0.3 is 78.4 Å². The van der Waals surface area contributed by atoms with Gasteiger partial charge in [0.25, 0.3) is 11.8 Å². The molecule has 4 aromatic carbocycles. The van der Waals surface area contributed by atoms with Gasteiger partial charge in [0.05, 0.1) is 38.6 Å². The number of esters is 2. The van der Waals surface area contributed by atoms with Crippen LogP contribution in [-0.2, 0) is 73.4 Å². The van der Waals surface area contributed by atoms with Gasteiger partial charge in [0.2, 0.25) is 12.6 Å². The first-order chi connectivity index (χ1) is 53.8. The number of benzene rings is 4. The number of aliphatic hydroxyl groups is 4. The summed E-state index contributed by atoms with van der Waals surface area (Å²) in [6.45, 7) is 19.3. The van der Waals surface area contributed by atoms with Crippen molar-refractivity contribution in [1.82, 2.24) is 31.2 Å². The number of Topliss-reactive ketones (excluding diaryl/α,β-unsaturated/α-hetero) is 2. The number of hydrogen-bond acceptors (Lipinski definition) is 28. The Morgan fingerprint density at radius 2 is 0.957 bits per heavy atom. The predicted molar refractivity (Wildman–Crippen MR) is 420 cm³/mol. The Morgan fingerprint density at radius 1 is 0.557 bits per heavy atom. The molecule has 4 unspecified atom stereocenters. The molecule has 10 N–H and O–H groups in total. The van der Waals surface area contributed by atoms with Crippen LogP contribution in [0.4, 0.5) is 19.2 Å². The number of alkyl carbamates (subject to hydrolysis) is 2. The lowest BCUT2D eigenvalue weighted by Gasteiger charge is -2.18. The molecule has 3 heterocycles. The zero-order valence-electron chi connectivity index (χ0n) is 63.7. The molecule has 32 heteroatoms. The summed E-state index contributed by atoms with van der Waals surface area (Å²) in [7, 11) is 0. The Hall–Kier alpha value is -11.9. The molecule has 32 nitrogen and oxygen atoms in total. The number of carbonyl (C=O) groups excluding carboxylic acids is 10. The van der Waals surface area contributed by atoms with Crippen molar-refractivity contribution in [3.05, 3.63) is 189 Å². The minimum absolute atomic E-state index is 0. The fourth-order valence-electron chi connectivity index (χ4n) is 11.1. The minimum atomic E-state index is -1.43. The van der Waals surface area contributed by atoms with E-state index in [2.05, 4.69) is 44.4 Å². The lowest BCUT2D eigenvalue weighted by atomic mass is 9.89. The highest BCUT2D eigenvalue weighted by molar-refractivity contribution is 6.10. The van der Waals surface area contributed by atoms with Crippen molar-refractivity contribution >= 4 is 83.6 Å². The van der Waals surface area contributed by atoms with Gasteiger partial charge in [0.1, 0.15) is 48.5 Å². The monoisotopic (exact) mass is 1590 g/mol. The van der Waals surface area contributed by atoms with Gasteiger partial charge in [-0.05, 0) is 172 Å². The molecule has 2 saturated carbocycles. The van der Waals surface area contributed by atoms with Crippen LogP contribution in [0.1, 0.15) is 203 Å². The van der Waals surface area contributed by atoms with Gasteiger partial charge in [-0.15, -0.1) is 0 Å². The fourth-order valence-corrected chi connectivity index (χ4v) is 11.1. The molecule has 3 fully saturated rings. The zero-order chi connectivity index (χ0) is 82.4. The van der Waals surface area contributed by atoms with Crippen molar-refractivity contribution in [2.75, 3.05) is 39.5 Å². The second kappa shape index (κ2) is 42.8. The number of amidine groups is 2. The average Bonchev–Trinajstić information content (AvgIpc) is 1.67. The van der Waals surface area contributed by atoms with Crippen molar-refractivity contribution in [3.63, 3.8) is 0 Å².